The lowest BCUT2D eigenvalue weighted by Gasteiger charge is -2.16. The molecule has 0 radical (unpaired) electrons. The van der Waals surface area contributed by atoms with Gasteiger partial charge in [0.15, 0.2) is 18.0 Å². The highest BCUT2D eigenvalue weighted by molar-refractivity contribution is 6.31. The van der Waals surface area contributed by atoms with Crippen LogP contribution in [0.15, 0.2) is 36.4 Å². The number of rotatable bonds is 7. The molecular weight excluding hydrogens is 340 g/mol. The molecule has 0 saturated carbocycles. The van der Waals surface area contributed by atoms with Gasteiger partial charge in [0.1, 0.15) is 6.54 Å². The second-order valence-corrected chi connectivity index (χ2v) is 6.44. The van der Waals surface area contributed by atoms with Crippen LogP contribution in [0, 0.1) is 6.92 Å². The van der Waals surface area contributed by atoms with E-state index in [1.807, 2.05) is 38.2 Å². The first-order valence-electron chi connectivity index (χ1n) is 8.01. The zero-order chi connectivity index (χ0) is 18.4. The summed E-state index contributed by atoms with van der Waals surface area (Å²) in [5.74, 6) is 1.33. The number of methoxy groups -OCH3 is 2. The summed E-state index contributed by atoms with van der Waals surface area (Å²) in [4.78, 5) is 13.3. The number of amides is 1. The number of benzene rings is 2. The molecular formula is C19H24ClN2O3+. The third-order valence-corrected chi connectivity index (χ3v) is 4.12. The second-order valence-electron chi connectivity index (χ2n) is 6.01. The van der Waals surface area contributed by atoms with Gasteiger partial charge in [-0.1, -0.05) is 17.7 Å². The highest BCUT2D eigenvalue weighted by Gasteiger charge is 2.13. The fourth-order valence-corrected chi connectivity index (χ4v) is 2.77. The molecule has 6 heteroatoms. The quantitative estimate of drug-likeness (QED) is 0.793. The van der Waals surface area contributed by atoms with E-state index in [1.165, 1.54) is 0 Å². The first kappa shape index (κ1) is 19.1. The summed E-state index contributed by atoms with van der Waals surface area (Å²) in [7, 11) is 5.19. The molecule has 134 valence electrons. The van der Waals surface area contributed by atoms with Gasteiger partial charge in [0.25, 0.3) is 5.91 Å². The molecule has 2 rings (SSSR count). The van der Waals surface area contributed by atoms with Crippen molar-refractivity contribution in [1.29, 1.82) is 0 Å². The average Bonchev–Trinajstić information content (AvgIpc) is 2.57. The van der Waals surface area contributed by atoms with Crippen LogP contribution in [0.3, 0.4) is 0 Å². The van der Waals surface area contributed by atoms with Crippen molar-refractivity contribution in [1.82, 2.24) is 0 Å². The maximum absolute atomic E-state index is 12.3. The van der Waals surface area contributed by atoms with E-state index >= 15 is 0 Å². The van der Waals surface area contributed by atoms with E-state index in [-0.39, 0.29) is 5.91 Å². The Morgan fingerprint density at radius 2 is 1.84 bits per heavy atom. The summed E-state index contributed by atoms with van der Waals surface area (Å²) in [6.45, 7) is 2.98. The SMILES string of the molecule is COc1ccc(C[NH+](C)CC(=O)Nc2cc(Cl)ccc2C)cc1OC. The van der Waals surface area contributed by atoms with Gasteiger partial charge in [-0.2, -0.15) is 0 Å². The van der Waals surface area contributed by atoms with Gasteiger partial charge in [-0.3, -0.25) is 4.79 Å². The highest BCUT2D eigenvalue weighted by Crippen LogP contribution is 2.27. The van der Waals surface area contributed by atoms with Gasteiger partial charge in [-0.15, -0.1) is 0 Å². The van der Waals surface area contributed by atoms with Crippen molar-refractivity contribution in [2.45, 2.75) is 13.5 Å². The van der Waals surface area contributed by atoms with E-state index in [0.29, 0.717) is 29.6 Å². The number of aryl methyl sites for hydroxylation is 1. The van der Waals surface area contributed by atoms with Crippen molar-refractivity contribution in [3.8, 4) is 11.5 Å². The second kappa shape index (κ2) is 8.74. The Kier molecular flexibility index (Phi) is 6.67. The maximum atomic E-state index is 12.3. The summed E-state index contributed by atoms with van der Waals surface area (Å²) < 4.78 is 10.6. The Hall–Kier alpha value is -2.24. The molecule has 0 aliphatic rings. The van der Waals surface area contributed by atoms with Crippen LogP contribution >= 0.6 is 11.6 Å². The van der Waals surface area contributed by atoms with Crippen molar-refractivity contribution >= 4 is 23.2 Å². The summed E-state index contributed by atoms with van der Waals surface area (Å²) in [5.41, 5.74) is 2.80. The number of hydrogen-bond donors (Lipinski definition) is 2. The van der Waals surface area contributed by atoms with Crippen molar-refractivity contribution in [3.63, 3.8) is 0 Å². The molecule has 0 fully saturated rings. The molecule has 1 atom stereocenters. The van der Waals surface area contributed by atoms with Crippen LogP contribution in [0.25, 0.3) is 0 Å². The van der Waals surface area contributed by atoms with Gasteiger partial charge in [-0.25, -0.2) is 0 Å². The molecule has 25 heavy (non-hydrogen) atoms. The first-order chi connectivity index (χ1) is 11.9. The smallest absolute Gasteiger partial charge is 0.279 e. The number of carbonyl (C=O) groups excluding carboxylic acids is 1. The van der Waals surface area contributed by atoms with Crippen molar-refractivity contribution in [2.24, 2.45) is 0 Å². The normalized spacial score (nSPS) is 11.7. The van der Waals surface area contributed by atoms with Gasteiger partial charge in [0.2, 0.25) is 0 Å². The molecule has 0 aliphatic carbocycles. The van der Waals surface area contributed by atoms with Gasteiger partial charge in [0, 0.05) is 16.3 Å². The number of ether oxygens (including phenoxy) is 2. The average molecular weight is 364 g/mol. The van der Waals surface area contributed by atoms with Crippen LogP contribution in [0.2, 0.25) is 5.02 Å². The lowest BCUT2D eigenvalue weighted by atomic mass is 10.2. The Bertz CT molecular complexity index is 749. The van der Waals surface area contributed by atoms with Gasteiger partial charge in [0.05, 0.1) is 21.3 Å². The largest absolute Gasteiger partial charge is 0.493 e. The number of carbonyl (C=O) groups is 1. The van der Waals surface area contributed by atoms with Crippen molar-refractivity contribution < 1.29 is 19.2 Å². The van der Waals surface area contributed by atoms with Crippen molar-refractivity contribution in [2.75, 3.05) is 33.1 Å². The zero-order valence-corrected chi connectivity index (χ0v) is 15.7. The lowest BCUT2D eigenvalue weighted by Crippen LogP contribution is -3.08. The van der Waals surface area contributed by atoms with Crippen LogP contribution in [0.4, 0.5) is 5.69 Å². The van der Waals surface area contributed by atoms with E-state index in [2.05, 4.69) is 5.32 Å². The number of nitrogens with one attached hydrogen (secondary N) is 2. The Morgan fingerprint density at radius 1 is 1.12 bits per heavy atom. The number of halogens is 1. The maximum Gasteiger partial charge on any atom is 0.279 e. The van der Waals surface area contributed by atoms with E-state index < -0.39 is 0 Å². The van der Waals surface area contributed by atoms with Crippen LogP contribution in [-0.2, 0) is 11.3 Å². The Labute approximate surface area is 153 Å². The van der Waals surface area contributed by atoms with E-state index in [1.54, 1.807) is 26.4 Å². The predicted octanol–water partition coefficient (Wildman–Crippen LogP) is 2.32. The molecule has 0 aromatic heterocycles. The topological polar surface area (TPSA) is 52.0 Å². The molecule has 0 aliphatic heterocycles. The zero-order valence-electron chi connectivity index (χ0n) is 15.0. The first-order valence-corrected chi connectivity index (χ1v) is 8.39. The molecule has 0 bridgehead atoms. The Morgan fingerprint density at radius 3 is 2.52 bits per heavy atom. The minimum Gasteiger partial charge on any atom is -0.493 e. The monoisotopic (exact) mass is 363 g/mol. The minimum absolute atomic E-state index is 0.0525. The standard InChI is InChI=1S/C19H23ClN2O3/c1-13-5-7-15(20)10-16(13)21-19(23)12-22(2)11-14-6-8-17(24-3)18(9-14)25-4/h5-10H,11-12H2,1-4H3,(H,21,23)/p+1. The summed E-state index contributed by atoms with van der Waals surface area (Å²) >= 11 is 5.99. The minimum atomic E-state index is -0.0525. The van der Waals surface area contributed by atoms with E-state index in [0.717, 1.165) is 21.7 Å². The molecule has 5 nitrogen and oxygen atoms in total. The molecule has 2 N–H and O–H groups in total. The van der Waals surface area contributed by atoms with Crippen LogP contribution < -0.4 is 19.7 Å². The Balaban J connectivity index is 1.96. The molecule has 2 aromatic carbocycles. The van der Waals surface area contributed by atoms with E-state index in [9.17, 15) is 4.79 Å². The highest BCUT2D eigenvalue weighted by atomic mass is 35.5. The summed E-state index contributed by atoms with van der Waals surface area (Å²) in [6.07, 6.45) is 0. The summed E-state index contributed by atoms with van der Waals surface area (Å²) in [5, 5.41) is 3.52. The van der Waals surface area contributed by atoms with Crippen molar-refractivity contribution in [3.05, 3.63) is 52.5 Å². The fraction of sp³-hybridized carbons (Fsp3) is 0.316. The third-order valence-electron chi connectivity index (χ3n) is 3.89. The number of hydrogen-bond acceptors (Lipinski definition) is 3. The van der Waals surface area contributed by atoms with Gasteiger partial charge >= 0.3 is 0 Å². The third kappa shape index (κ3) is 5.37. The lowest BCUT2D eigenvalue weighted by molar-refractivity contribution is -0.885. The van der Waals surface area contributed by atoms with Crippen LogP contribution in [0.5, 0.6) is 11.5 Å². The number of quaternary nitrogens is 1. The molecule has 1 unspecified atom stereocenters. The number of anilines is 1. The summed E-state index contributed by atoms with van der Waals surface area (Å²) in [6, 6.07) is 11.2. The molecule has 0 heterocycles. The fourth-order valence-electron chi connectivity index (χ4n) is 2.60. The van der Waals surface area contributed by atoms with Crippen LogP contribution in [0.1, 0.15) is 11.1 Å². The number of likely N-dealkylation sites (N-methyl/N-ethyl adjacent to an activating group) is 1. The predicted molar refractivity (Wildman–Crippen MR) is 99.8 cm³/mol. The van der Waals surface area contributed by atoms with Gasteiger partial charge < -0.3 is 19.7 Å². The molecule has 0 saturated heterocycles. The molecule has 1 amide bonds. The molecule has 2 aromatic rings. The molecule has 0 spiro atoms. The van der Waals surface area contributed by atoms with E-state index in [4.69, 9.17) is 21.1 Å². The van der Waals surface area contributed by atoms with Gasteiger partial charge in [-0.05, 0) is 42.8 Å². The van der Waals surface area contributed by atoms with Crippen LogP contribution in [-0.4, -0.2) is 33.7 Å².